The van der Waals surface area contributed by atoms with Crippen molar-refractivity contribution in [3.63, 3.8) is 0 Å². The molecular formula is C9H13N3O3. The lowest BCUT2D eigenvalue weighted by Gasteiger charge is -2.11. The molecule has 1 N–H and O–H groups in total. The second-order valence-electron chi connectivity index (χ2n) is 3.08. The topological polar surface area (TPSA) is 73.2 Å². The Labute approximate surface area is 86.9 Å². The van der Waals surface area contributed by atoms with Gasteiger partial charge >= 0.3 is 5.97 Å². The molecule has 0 radical (unpaired) electrons. The van der Waals surface area contributed by atoms with E-state index in [1.54, 1.807) is 14.0 Å². The normalized spacial score (nSPS) is 11.9. The number of hydrogen-bond donors (Lipinski definition) is 1. The third-order valence-electron chi connectivity index (χ3n) is 1.92. The van der Waals surface area contributed by atoms with E-state index in [0.717, 1.165) is 0 Å². The molecule has 6 nitrogen and oxygen atoms in total. The largest absolute Gasteiger partial charge is 0.467 e. The third-order valence-corrected chi connectivity index (χ3v) is 1.92. The summed E-state index contributed by atoms with van der Waals surface area (Å²) in [6.45, 7) is 1.60. The van der Waals surface area contributed by atoms with Crippen LogP contribution in [0.4, 0.5) is 5.82 Å². The molecule has 0 aliphatic rings. The molecule has 1 aromatic heterocycles. The Hall–Kier alpha value is -1.85. The average molecular weight is 211 g/mol. The Bertz CT molecular complexity index is 413. The molecule has 0 saturated carbocycles. The number of esters is 1. The van der Waals surface area contributed by atoms with Gasteiger partial charge in [0.1, 0.15) is 6.04 Å². The van der Waals surface area contributed by atoms with Crippen LogP contribution < -0.4 is 10.9 Å². The summed E-state index contributed by atoms with van der Waals surface area (Å²) in [4.78, 5) is 26.4. The number of anilines is 1. The molecule has 1 heterocycles. The Morgan fingerprint density at radius 2 is 2.33 bits per heavy atom. The number of nitrogens with one attached hydrogen (secondary N) is 1. The Balaban J connectivity index is 2.86. The Kier molecular flexibility index (Phi) is 3.43. The molecule has 1 aromatic rings. The number of rotatable bonds is 3. The van der Waals surface area contributed by atoms with Crippen molar-refractivity contribution in [2.24, 2.45) is 7.05 Å². The minimum Gasteiger partial charge on any atom is -0.467 e. The van der Waals surface area contributed by atoms with Gasteiger partial charge in [-0.1, -0.05) is 0 Å². The second kappa shape index (κ2) is 4.59. The molecule has 0 aromatic carbocycles. The van der Waals surface area contributed by atoms with Crippen LogP contribution in [0.15, 0.2) is 17.2 Å². The van der Waals surface area contributed by atoms with Crippen LogP contribution in [0.5, 0.6) is 0 Å². The Morgan fingerprint density at radius 1 is 1.67 bits per heavy atom. The van der Waals surface area contributed by atoms with Gasteiger partial charge in [0.15, 0.2) is 5.82 Å². The van der Waals surface area contributed by atoms with Crippen LogP contribution in [0.1, 0.15) is 6.92 Å². The average Bonchev–Trinajstić information content (AvgIpc) is 2.23. The molecule has 0 spiro atoms. The summed E-state index contributed by atoms with van der Waals surface area (Å²) < 4.78 is 5.89. The van der Waals surface area contributed by atoms with Crippen molar-refractivity contribution < 1.29 is 9.53 Å². The third kappa shape index (κ3) is 2.55. The molecule has 0 aliphatic heterocycles. The van der Waals surface area contributed by atoms with E-state index >= 15 is 0 Å². The molecule has 82 valence electrons. The van der Waals surface area contributed by atoms with E-state index in [1.807, 2.05) is 0 Å². The molecule has 6 heteroatoms. The first-order valence-electron chi connectivity index (χ1n) is 4.42. The van der Waals surface area contributed by atoms with E-state index in [2.05, 4.69) is 15.0 Å². The van der Waals surface area contributed by atoms with Crippen molar-refractivity contribution in [3.05, 3.63) is 22.7 Å². The number of aryl methyl sites for hydroxylation is 1. The van der Waals surface area contributed by atoms with Gasteiger partial charge in [0.25, 0.3) is 5.56 Å². The van der Waals surface area contributed by atoms with Gasteiger partial charge in [-0.05, 0) is 6.92 Å². The minimum absolute atomic E-state index is 0.137. The minimum atomic E-state index is -0.599. The van der Waals surface area contributed by atoms with Crippen molar-refractivity contribution in [1.29, 1.82) is 0 Å². The summed E-state index contributed by atoms with van der Waals surface area (Å²) in [7, 11) is 2.90. The zero-order valence-electron chi connectivity index (χ0n) is 8.85. The van der Waals surface area contributed by atoms with E-state index in [4.69, 9.17) is 0 Å². The molecular weight excluding hydrogens is 198 g/mol. The van der Waals surface area contributed by atoms with Crippen molar-refractivity contribution >= 4 is 11.8 Å². The van der Waals surface area contributed by atoms with Crippen LogP contribution in [0, 0.1) is 0 Å². The highest BCUT2D eigenvalue weighted by molar-refractivity contribution is 5.78. The number of aromatic nitrogens is 2. The van der Waals surface area contributed by atoms with Crippen LogP contribution in [0.3, 0.4) is 0 Å². The van der Waals surface area contributed by atoms with Crippen LogP contribution >= 0.6 is 0 Å². The summed E-state index contributed by atoms with van der Waals surface area (Å²) in [5.74, 6) is -0.305. The maximum absolute atomic E-state index is 11.5. The van der Waals surface area contributed by atoms with Gasteiger partial charge in [-0.2, -0.15) is 0 Å². The number of carbonyl (C=O) groups excluding carboxylic acids is 1. The summed E-state index contributed by atoms with van der Waals surface area (Å²) in [6, 6.07) is -0.599. The van der Waals surface area contributed by atoms with Gasteiger partial charge in [-0.15, -0.1) is 0 Å². The fraction of sp³-hybridized carbons (Fsp3) is 0.444. The summed E-state index contributed by atoms with van der Waals surface area (Å²) in [5, 5.41) is 2.68. The number of nitrogens with zero attached hydrogens (tertiary/aromatic N) is 2. The van der Waals surface area contributed by atoms with Crippen LogP contribution in [0.25, 0.3) is 0 Å². The molecule has 0 saturated heterocycles. The van der Waals surface area contributed by atoms with Crippen molar-refractivity contribution in [2.45, 2.75) is 13.0 Å². The van der Waals surface area contributed by atoms with Crippen LogP contribution in [0.2, 0.25) is 0 Å². The molecule has 1 rings (SSSR count). The molecule has 0 fully saturated rings. The quantitative estimate of drug-likeness (QED) is 0.698. The predicted octanol–water partition coefficient (Wildman–Crippen LogP) is -0.246. The van der Waals surface area contributed by atoms with Gasteiger partial charge in [0.2, 0.25) is 0 Å². The summed E-state index contributed by atoms with van der Waals surface area (Å²) in [5.41, 5.74) is -0.284. The maximum Gasteiger partial charge on any atom is 0.328 e. The molecule has 1 unspecified atom stereocenters. The number of ether oxygens (including phenoxy) is 1. The van der Waals surface area contributed by atoms with Crippen molar-refractivity contribution in [2.75, 3.05) is 12.4 Å². The van der Waals surface area contributed by atoms with Gasteiger partial charge in [-0.3, -0.25) is 4.79 Å². The van der Waals surface area contributed by atoms with E-state index in [0.29, 0.717) is 0 Å². The smallest absolute Gasteiger partial charge is 0.328 e. The van der Waals surface area contributed by atoms with Crippen LogP contribution in [-0.2, 0) is 16.6 Å². The lowest BCUT2D eigenvalue weighted by molar-refractivity contribution is -0.141. The summed E-state index contributed by atoms with van der Waals surface area (Å²) in [6.07, 6.45) is 3.02. The standard InChI is InChI=1S/C9H13N3O3/c1-6(9(14)15-3)11-7-8(13)12(2)5-4-10-7/h4-6H,1-3H3,(H,10,11). The monoisotopic (exact) mass is 211 g/mol. The van der Waals surface area contributed by atoms with E-state index in [9.17, 15) is 9.59 Å². The molecule has 1 atom stereocenters. The first-order valence-corrected chi connectivity index (χ1v) is 4.42. The molecule has 0 amide bonds. The molecule has 0 aliphatic carbocycles. The fourth-order valence-electron chi connectivity index (χ4n) is 1.04. The predicted molar refractivity (Wildman–Crippen MR) is 54.6 cm³/mol. The highest BCUT2D eigenvalue weighted by Gasteiger charge is 2.14. The number of methoxy groups -OCH3 is 1. The highest BCUT2D eigenvalue weighted by Crippen LogP contribution is 1.97. The second-order valence-corrected chi connectivity index (χ2v) is 3.08. The zero-order chi connectivity index (χ0) is 11.4. The fourth-order valence-corrected chi connectivity index (χ4v) is 1.04. The highest BCUT2D eigenvalue weighted by atomic mass is 16.5. The Morgan fingerprint density at radius 3 is 2.93 bits per heavy atom. The van der Waals surface area contributed by atoms with Gasteiger partial charge in [-0.25, -0.2) is 9.78 Å². The molecule has 0 bridgehead atoms. The lowest BCUT2D eigenvalue weighted by Crippen LogP contribution is -2.32. The first kappa shape index (κ1) is 11.2. The number of hydrogen-bond acceptors (Lipinski definition) is 5. The zero-order valence-corrected chi connectivity index (χ0v) is 8.85. The SMILES string of the molecule is COC(=O)C(C)Nc1nccn(C)c1=O. The van der Waals surface area contributed by atoms with Gasteiger partial charge in [0.05, 0.1) is 7.11 Å². The first-order chi connectivity index (χ1) is 7.06. The maximum atomic E-state index is 11.5. The number of carbonyl (C=O) groups is 1. The van der Waals surface area contributed by atoms with E-state index in [-0.39, 0.29) is 11.4 Å². The lowest BCUT2D eigenvalue weighted by atomic mass is 10.3. The summed E-state index contributed by atoms with van der Waals surface area (Å²) >= 11 is 0. The van der Waals surface area contributed by atoms with E-state index < -0.39 is 12.0 Å². The van der Waals surface area contributed by atoms with Crippen LogP contribution in [-0.4, -0.2) is 28.7 Å². The van der Waals surface area contributed by atoms with E-state index in [1.165, 1.54) is 24.1 Å². The van der Waals surface area contributed by atoms with Crippen molar-refractivity contribution in [3.8, 4) is 0 Å². The molecule has 15 heavy (non-hydrogen) atoms. The van der Waals surface area contributed by atoms with Crippen molar-refractivity contribution in [1.82, 2.24) is 9.55 Å². The van der Waals surface area contributed by atoms with Gasteiger partial charge in [0, 0.05) is 19.4 Å². The van der Waals surface area contributed by atoms with Gasteiger partial charge < -0.3 is 14.6 Å².